The van der Waals surface area contributed by atoms with Gasteiger partial charge >= 0.3 is 0 Å². The number of aryl methyl sites for hydroxylation is 2. The molecule has 0 spiro atoms. The molecule has 1 atom stereocenters. The second-order valence-electron chi connectivity index (χ2n) is 6.75. The molecule has 1 fully saturated rings. The van der Waals surface area contributed by atoms with Gasteiger partial charge < -0.3 is 14.8 Å². The number of aromatic amines is 1. The SMILES string of the molecule is Cc1ncc(C(=O)N2Cc3ccnn3CCC2CN2CCCC2=O)[nH]1. The predicted octanol–water partition coefficient (Wildman–Crippen LogP) is 0.952. The second-order valence-corrected chi connectivity index (χ2v) is 6.75. The van der Waals surface area contributed by atoms with E-state index in [-0.39, 0.29) is 17.9 Å². The number of H-pyrrole nitrogens is 1. The molecule has 4 heterocycles. The van der Waals surface area contributed by atoms with Crippen LogP contribution in [0.5, 0.6) is 0 Å². The fraction of sp³-hybridized carbons (Fsp3) is 0.529. The third-order valence-corrected chi connectivity index (χ3v) is 5.05. The molecular weight excluding hydrogens is 320 g/mol. The molecule has 2 aliphatic heterocycles. The molecule has 1 saturated heterocycles. The van der Waals surface area contributed by atoms with Crippen LogP contribution in [0.1, 0.15) is 41.3 Å². The van der Waals surface area contributed by atoms with Gasteiger partial charge in [-0.1, -0.05) is 0 Å². The molecule has 0 bridgehead atoms. The maximum atomic E-state index is 13.1. The van der Waals surface area contributed by atoms with Crippen LogP contribution < -0.4 is 0 Å². The Morgan fingerprint density at radius 2 is 2.28 bits per heavy atom. The van der Waals surface area contributed by atoms with Gasteiger partial charge in [-0.2, -0.15) is 5.10 Å². The minimum absolute atomic E-state index is 0.0279. The van der Waals surface area contributed by atoms with E-state index in [2.05, 4.69) is 15.1 Å². The van der Waals surface area contributed by atoms with Crippen molar-refractivity contribution in [2.24, 2.45) is 0 Å². The molecule has 2 aromatic heterocycles. The number of rotatable bonds is 3. The van der Waals surface area contributed by atoms with Crippen LogP contribution in [0.3, 0.4) is 0 Å². The number of aromatic nitrogens is 4. The van der Waals surface area contributed by atoms with Gasteiger partial charge in [0.1, 0.15) is 11.5 Å². The molecule has 1 unspecified atom stereocenters. The molecule has 2 amide bonds. The van der Waals surface area contributed by atoms with E-state index in [9.17, 15) is 9.59 Å². The second kappa shape index (κ2) is 6.34. The lowest BCUT2D eigenvalue weighted by Gasteiger charge is -2.32. The summed E-state index contributed by atoms with van der Waals surface area (Å²) < 4.78 is 1.95. The Hall–Kier alpha value is -2.64. The molecule has 0 saturated carbocycles. The maximum Gasteiger partial charge on any atom is 0.272 e. The van der Waals surface area contributed by atoms with E-state index in [0.29, 0.717) is 25.2 Å². The first-order chi connectivity index (χ1) is 12.1. The highest BCUT2D eigenvalue weighted by molar-refractivity contribution is 5.92. The van der Waals surface area contributed by atoms with Crippen molar-refractivity contribution in [1.29, 1.82) is 0 Å². The van der Waals surface area contributed by atoms with E-state index in [4.69, 9.17) is 0 Å². The average Bonchev–Trinajstić information content (AvgIpc) is 3.29. The van der Waals surface area contributed by atoms with Crippen LogP contribution in [0.4, 0.5) is 0 Å². The summed E-state index contributed by atoms with van der Waals surface area (Å²) in [5.41, 5.74) is 1.50. The quantitative estimate of drug-likeness (QED) is 0.900. The minimum Gasteiger partial charge on any atom is -0.341 e. The smallest absolute Gasteiger partial charge is 0.272 e. The normalized spacial score (nSPS) is 20.7. The van der Waals surface area contributed by atoms with Gasteiger partial charge in [0.25, 0.3) is 5.91 Å². The largest absolute Gasteiger partial charge is 0.341 e. The maximum absolute atomic E-state index is 13.1. The van der Waals surface area contributed by atoms with Crippen LogP contribution in [-0.4, -0.2) is 60.5 Å². The topological polar surface area (TPSA) is 87.1 Å². The number of imidazole rings is 1. The fourth-order valence-corrected chi connectivity index (χ4v) is 3.69. The number of fused-ring (bicyclic) bond motifs is 1. The number of carbonyl (C=O) groups excluding carboxylic acids is 2. The van der Waals surface area contributed by atoms with Crippen molar-refractivity contribution in [2.75, 3.05) is 13.1 Å². The molecule has 2 aromatic rings. The van der Waals surface area contributed by atoms with Crippen molar-refractivity contribution in [3.05, 3.63) is 35.7 Å². The molecular formula is C17H22N6O2. The summed E-state index contributed by atoms with van der Waals surface area (Å²) in [6.45, 7) is 4.44. The number of nitrogens with one attached hydrogen (secondary N) is 1. The van der Waals surface area contributed by atoms with E-state index >= 15 is 0 Å². The molecule has 0 aliphatic carbocycles. The van der Waals surface area contributed by atoms with Gasteiger partial charge in [0, 0.05) is 32.3 Å². The van der Waals surface area contributed by atoms with E-state index in [1.807, 2.05) is 27.5 Å². The van der Waals surface area contributed by atoms with Crippen LogP contribution in [0.2, 0.25) is 0 Å². The van der Waals surface area contributed by atoms with Crippen LogP contribution in [0.15, 0.2) is 18.5 Å². The molecule has 0 aromatic carbocycles. The number of nitrogens with zero attached hydrogens (tertiary/aromatic N) is 5. The molecule has 8 heteroatoms. The monoisotopic (exact) mass is 342 g/mol. The molecule has 0 radical (unpaired) electrons. The van der Waals surface area contributed by atoms with Gasteiger partial charge in [0.2, 0.25) is 5.91 Å². The van der Waals surface area contributed by atoms with E-state index in [1.165, 1.54) is 0 Å². The van der Waals surface area contributed by atoms with E-state index in [0.717, 1.165) is 37.4 Å². The predicted molar refractivity (Wildman–Crippen MR) is 89.6 cm³/mol. The average molecular weight is 342 g/mol. The Morgan fingerprint density at radius 3 is 3.00 bits per heavy atom. The summed E-state index contributed by atoms with van der Waals surface area (Å²) in [6, 6.07) is 1.92. The van der Waals surface area contributed by atoms with Crippen molar-refractivity contribution in [2.45, 2.75) is 45.3 Å². The Kier molecular flexibility index (Phi) is 4.03. The summed E-state index contributed by atoms with van der Waals surface area (Å²) in [4.78, 5) is 36.0. The van der Waals surface area contributed by atoms with Gasteiger partial charge in [-0.05, 0) is 25.8 Å². The molecule has 1 N–H and O–H groups in total. The summed E-state index contributed by atoms with van der Waals surface area (Å²) in [5, 5.41) is 4.35. The molecule has 132 valence electrons. The van der Waals surface area contributed by atoms with E-state index in [1.54, 1.807) is 12.4 Å². The number of amides is 2. The Bertz CT molecular complexity index is 795. The number of carbonyl (C=O) groups is 2. The Morgan fingerprint density at radius 1 is 1.40 bits per heavy atom. The Labute approximate surface area is 145 Å². The molecule has 2 aliphatic rings. The highest BCUT2D eigenvalue weighted by Gasteiger charge is 2.33. The van der Waals surface area contributed by atoms with Crippen molar-refractivity contribution >= 4 is 11.8 Å². The van der Waals surface area contributed by atoms with Crippen LogP contribution in [0.25, 0.3) is 0 Å². The van der Waals surface area contributed by atoms with Gasteiger partial charge in [-0.3, -0.25) is 14.3 Å². The lowest BCUT2D eigenvalue weighted by Crippen LogP contribution is -2.46. The lowest BCUT2D eigenvalue weighted by atomic mass is 10.1. The van der Waals surface area contributed by atoms with Gasteiger partial charge in [0.15, 0.2) is 0 Å². The first-order valence-electron chi connectivity index (χ1n) is 8.73. The zero-order valence-electron chi connectivity index (χ0n) is 14.3. The van der Waals surface area contributed by atoms with Gasteiger partial charge in [0.05, 0.1) is 24.5 Å². The van der Waals surface area contributed by atoms with Crippen LogP contribution >= 0.6 is 0 Å². The lowest BCUT2D eigenvalue weighted by molar-refractivity contribution is -0.128. The standard InChI is InChI=1S/C17H22N6O2/c1-12-18-9-15(20-12)17(25)22-11-14-4-6-19-23(14)8-5-13(22)10-21-7-2-3-16(21)24/h4,6,9,13H,2-3,5,7-8,10-11H2,1H3,(H,18,20). The number of hydrogen-bond donors (Lipinski definition) is 1. The third-order valence-electron chi connectivity index (χ3n) is 5.05. The zero-order valence-corrected chi connectivity index (χ0v) is 14.3. The van der Waals surface area contributed by atoms with Crippen molar-refractivity contribution in [3.63, 3.8) is 0 Å². The fourth-order valence-electron chi connectivity index (χ4n) is 3.69. The highest BCUT2D eigenvalue weighted by atomic mass is 16.2. The highest BCUT2D eigenvalue weighted by Crippen LogP contribution is 2.22. The zero-order chi connectivity index (χ0) is 17.4. The number of hydrogen-bond acceptors (Lipinski definition) is 4. The van der Waals surface area contributed by atoms with Crippen molar-refractivity contribution in [1.82, 2.24) is 29.5 Å². The minimum atomic E-state index is -0.0769. The Balaban J connectivity index is 1.61. The van der Waals surface area contributed by atoms with Gasteiger partial charge in [-0.25, -0.2) is 4.98 Å². The summed E-state index contributed by atoms with van der Waals surface area (Å²) >= 11 is 0. The first-order valence-corrected chi connectivity index (χ1v) is 8.73. The first kappa shape index (κ1) is 15.9. The van der Waals surface area contributed by atoms with Crippen molar-refractivity contribution < 1.29 is 9.59 Å². The third kappa shape index (κ3) is 3.04. The number of likely N-dealkylation sites (tertiary alicyclic amines) is 1. The van der Waals surface area contributed by atoms with E-state index < -0.39 is 0 Å². The van der Waals surface area contributed by atoms with Crippen LogP contribution in [0, 0.1) is 6.92 Å². The molecule has 8 nitrogen and oxygen atoms in total. The molecule has 4 rings (SSSR count). The molecule has 25 heavy (non-hydrogen) atoms. The summed E-state index contributed by atoms with van der Waals surface area (Å²) in [6.07, 6.45) is 5.64. The van der Waals surface area contributed by atoms with Crippen molar-refractivity contribution in [3.8, 4) is 0 Å². The van der Waals surface area contributed by atoms with Crippen LogP contribution in [-0.2, 0) is 17.9 Å². The van der Waals surface area contributed by atoms with Gasteiger partial charge in [-0.15, -0.1) is 0 Å². The summed E-state index contributed by atoms with van der Waals surface area (Å²) in [7, 11) is 0. The summed E-state index contributed by atoms with van der Waals surface area (Å²) in [5.74, 6) is 0.827.